The molecule has 2 aliphatic rings. The van der Waals surface area contributed by atoms with Crippen LogP contribution in [0.25, 0.3) is 44.4 Å². The molecule has 4 heterocycles. The van der Waals surface area contributed by atoms with Crippen LogP contribution in [-0.4, -0.2) is 87.1 Å². The predicted octanol–water partition coefficient (Wildman–Crippen LogP) is 8.40. The Balaban J connectivity index is 0.942. The number of likely N-dealkylation sites (tertiary alicyclic amines) is 2. The number of fused-ring (bicyclic) bond motifs is 1. The first-order valence-corrected chi connectivity index (χ1v) is 21.1. The number of aromatic nitrogens is 4. The molecule has 4 aromatic carbocycles. The molecule has 14 nitrogen and oxygen atoms in total. The molecule has 4 amide bonds. The largest absolute Gasteiger partial charge is 0.453 e. The van der Waals surface area contributed by atoms with Gasteiger partial charge in [0.2, 0.25) is 5.91 Å². The molecule has 62 heavy (non-hydrogen) atoms. The van der Waals surface area contributed by atoms with E-state index in [0.29, 0.717) is 24.5 Å². The quantitative estimate of drug-likeness (QED) is 0.101. The SMILES string of the molecule is COC(=O)N[C@H](C(=O)N1CCC[C@H]1c1ncc(-c2ccc3cc(-c4ccc(-c5cnc([C@@H]6CCCN6C(=O)[C@H](NC(=O)OC)c6ccc(C)cc6)[nH]5)cc4)ccc3c2)[nH]1)C(C)C. The summed E-state index contributed by atoms with van der Waals surface area (Å²) in [6, 6.07) is 26.6. The summed E-state index contributed by atoms with van der Waals surface area (Å²) in [4.78, 5) is 71.9. The molecule has 0 spiro atoms. The second-order valence-corrected chi connectivity index (χ2v) is 16.4. The fourth-order valence-corrected chi connectivity index (χ4v) is 8.64. The van der Waals surface area contributed by atoms with E-state index in [4.69, 9.17) is 19.4 Å². The van der Waals surface area contributed by atoms with Gasteiger partial charge in [0.25, 0.3) is 5.91 Å². The van der Waals surface area contributed by atoms with Crippen LogP contribution in [0.15, 0.2) is 97.3 Å². The number of imidazole rings is 2. The van der Waals surface area contributed by atoms with Crippen molar-refractivity contribution in [2.24, 2.45) is 5.92 Å². The lowest BCUT2D eigenvalue weighted by molar-refractivity contribution is -0.135. The van der Waals surface area contributed by atoms with Gasteiger partial charge in [0.15, 0.2) is 0 Å². The van der Waals surface area contributed by atoms with Crippen LogP contribution in [0.2, 0.25) is 0 Å². The second kappa shape index (κ2) is 17.9. The number of H-pyrrole nitrogens is 2. The lowest BCUT2D eigenvalue weighted by Crippen LogP contribution is -2.51. The van der Waals surface area contributed by atoms with Crippen LogP contribution >= 0.6 is 0 Å². The zero-order chi connectivity index (χ0) is 43.5. The molecule has 0 bridgehead atoms. The molecule has 0 saturated carbocycles. The van der Waals surface area contributed by atoms with Gasteiger partial charge in [-0.15, -0.1) is 0 Å². The molecular weight excluding hydrogens is 785 g/mol. The standard InChI is InChI=1S/C48H52N8O6/c1-28(2)41(53-47(59)61-4)45(57)55-22-6-8-39(55)44-50-27-38(52-44)36-21-20-34-24-33(18-19-35(34)25-36)30-14-16-31(17-15-30)37-26-49-43(51-37)40-9-7-23-56(40)46(58)42(54-48(60)62-5)32-12-10-29(3)11-13-32/h10-21,24-28,39-42H,6-9,22-23H2,1-5H3,(H,49,51)(H,50,52)(H,53,59)(H,54,60)/t39-,40-,41-,42+/m0/s1. The highest BCUT2D eigenvalue weighted by Gasteiger charge is 2.39. The van der Waals surface area contributed by atoms with Crippen molar-refractivity contribution in [3.8, 4) is 33.6 Å². The number of nitrogens with zero attached hydrogens (tertiary/aromatic N) is 4. The molecule has 0 unspecified atom stereocenters. The Labute approximate surface area is 360 Å². The normalized spacial score (nSPS) is 17.3. The van der Waals surface area contributed by atoms with Crippen molar-refractivity contribution >= 4 is 34.8 Å². The van der Waals surface area contributed by atoms with Gasteiger partial charge in [-0.25, -0.2) is 19.6 Å². The third kappa shape index (κ3) is 8.63. The second-order valence-electron chi connectivity index (χ2n) is 16.4. The molecule has 2 fully saturated rings. The van der Waals surface area contributed by atoms with Gasteiger partial charge < -0.3 is 39.9 Å². The Kier molecular flexibility index (Phi) is 12.1. The van der Waals surface area contributed by atoms with Crippen LogP contribution in [0.5, 0.6) is 0 Å². The number of nitrogens with one attached hydrogen (secondary N) is 4. The van der Waals surface area contributed by atoms with Gasteiger partial charge in [-0.05, 0) is 83.7 Å². The highest BCUT2D eigenvalue weighted by atomic mass is 16.5. The number of alkyl carbamates (subject to hydrolysis) is 2. The minimum absolute atomic E-state index is 0.108. The highest BCUT2D eigenvalue weighted by molar-refractivity contribution is 5.91. The summed E-state index contributed by atoms with van der Waals surface area (Å²) in [5.41, 5.74) is 7.58. The number of carbonyl (C=O) groups is 4. The highest BCUT2D eigenvalue weighted by Crippen LogP contribution is 2.36. The number of aryl methyl sites for hydroxylation is 1. The van der Waals surface area contributed by atoms with Crippen LogP contribution in [0.3, 0.4) is 0 Å². The summed E-state index contributed by atoms with van der Waals surface area (Å²) in [6.07, 6.45) is 5.53. The number of ether oxygens (including phenoxy) is 2. The Bertz CT molecular complexity index is 2580. The van der Waals surface area contributed by atoms with E-state index >= 15 is 0 Å². The summed E-state index contributed by atoms with van der Waals surface area (Å²) in [5, 5.41) is 7.62. The fourth-order valence-electron chi connectivity index (χ4n) is 8.64. The van der Waals surface area contributed by atoms with Gasteiger partial charge in [-0.1, -0.05) is 92.2 Å². The zero-order valence-electron chi connectivity index (χ0n) is 35.6. The molecular formula is C48H52N8O6. The van der Waals surface area contributed by atoms with Crippen molar-refractivity contribution in [1.82, 2.24) is 40.4 Å². The van der Waals surface area contributed by atoms with E-state index in [1.165, 1.54) is 14.2 Å². The Hall–Kier alpha value is -6.96. The zero-order valence-corrected chi connectivity index (χ0v) is 35.6. The van der Waals surface area contributed by atoms with Crippen molar-refractivity contribution in [2.45, 2.75) is 70.6 Å². The van der Waals surface area contributed by atoms with Gasteiger partial charge in [0.05, 0.1) is 50.1 Å². The number of aromatic amines is 2. The molecule has 2 aromatic heterocycles. The summed E-state index contributed by atoms with van der Waals surface area (Å²) in [5.74, 6) is 0.975. The molecule has 4 N–H and O–H groups in total. The van der Waals surface area contributed by atoms with Gasteiger partial charge in [-0.2, -0.15) is 0 Å². The van der Waals surface area contributed by atoms with Gasteiger partial charge >= 0.3 is 12.2 Å². The molecule has 4 atom stereocenters. The molecule has 0 aliphatic carbocycles. The summed E-state index contributed by atoms with van der Waals surface area (Å²) < 4.78 is 9.63. The first-order chi connectivity index (χ1) is 30.0. The number of carbonyl (C=O) groups excluding carboxylic acids is 4. The lowest BCUT2D eigenvalue weighted by Gasteiger charge is -2.30. The molecule has 2 aliphatic heterocycles. The number of hydrogen-bond acceptors (Lipinski definition) is 8. The van der Waals surface area contributed by atoms with Gasteiger partial charge in [0, 0.05) is 18.7 Å². The summed E-state index contributed by atoms with van der Waals surface area (Å²) >= 11 is 0. The number of methoxy groups -OCH3 is 2. The molecule has 2 saturated heterocycles. The molecule has 14 heteroatoms. The smallest absolute Gasteiger partial charge is 0.407 e. The molecule has 8 rings (SSSR count). The van der Waals surface area contributed by atoms with E-state index in [0.717, 1.165) is 81.5 Å². The number of benzene rings is 4. The van der Waals surface area contributed by atoms with Crippen LogP contribution in [0.4, 0.5) is 9.59 Å². The fraction of sp³-hybridized carbons (Fsp3) is 0.333. The first kappa shape index (κ1) is 41.8. The monoisotopic (exact) mass is 836 g/mol. The van der Waals surface area contributed by atoms with Crippen LogP contribution in [-0.2, 0) is 19.1 Å². The van der Waals surface area contributed by atoms with Gasteiger partial charge in [-0.3, -0.25) is 9.59 Å². The van der Waals surface area contributed by atoms with Gasteiger partial charge in [0.1, 0.15) is 23.7 Å². The molecule has 6 aromatic rings. The summed E-state index contributed by atoms with van der Waals surface area (Å²) in [6.45, 7) is 6.93. The number of rotatable bonds is 11. The van der Waals surface area contributed by atoms with Crippen molar-refractivity contribution in [3.05, 3.63) is 120 Å². The van der Waals surface area contributed by atoms with Crippen molar-refractivity contribution in [2.75, 3.05) is 27.3 Å². The average molecular weight is 837 g/mol. The van der Waals surface area contributed by atoms with Crippen LogP contribution < -0.4 is 10.6 Å². The Morgan fingerprint density at radius 3 is 1.73 bits per heavy atom. The van der Waals surface area contributed by atoms with Crippen molar-refractivity contribution in [3.63, 3.8) is 0 Å². The third-order valence-electron chi connectivity index (χ3n) is 12.1. The number of hydrogen-bond donors (Lipinski definition) is 4. The van der Waals surface area contributed by atoms with E-state index in [9.17, 15) is 19.2 Å². The topological polar surface area (TPSA) is 175 Å². The first-order valence-electron chi connectivity index (χ1n) is 21.1. The maximum absolute atomic E-state index is 14.0. The minimum Gasteiger partial charge on any atom is -0.453 e. The Morgan fingerprint density at radius 1 is 0.645 bits per heavy atom. The van der Waals surface area contributed by atoms with Crippen molar-refractivity contribution < 1.29 is 28.7 Å². The predicted molar refractivity (Wildman–Crippen MR) is 236 cm³/mol. The third-order valence-corrected chi connectivity index (χ3v) is 12.1. The summed E-state index contributed by atoms with van der Waals surface area (Å²) in [7, 11) is 2.58. The minimum atomic E-state index is -0.885. The maximum atomic E-state index is 14.0. The maximum Gasteiger partial charge on any atom is 0.407 e. The van der Waals surface area contributed by atoms with E-state index in [1.807, 2.05) is 62.3 Å². The van der Waals surface area contributed by atoms with E-state index in [2.05, 4.69) is 81.3 Å². The van der Waals surface area contributed by atoms with Crippen molar-refractivity contribution in [1.29, 1.82) is 0 Å². The molecule has 0 radical (unpaired) electrons. The van der Waals surface area contributed by atoms with Crippen LogP contribution in [0, 0.1) is 12.8 Å². The Morgan fingerprint density at radius 2 is 1.15 bits per heavy atom. The van der Waals surface area contributed by atoms with E-state index in [1.54, 1.807) is 4.90 Å². The van der Waals surface area contributed by atoms with E-state index < -0.39 is 24.3 Å². The lowest BCUT2D eigenvalue weighted by atomic mass is 9.98. The van der Waals surface area contributed by atoms with Crippen LogP contribution in [0.1, 0.15) is 80.4 Å². The molecule has 320 valence electrons. The van der Waals surface area contributed by atoms with E-state index in [-0.39, 0.29) is 29.8 Å². The number of amides is 4. The average Bonchev–Trinajstić information content (AvgIpc) is 4.14.